The largest absolute Gasteiger partial charge is 0.372 e. The van der Waals surface area contributed by atoms with Gasteiger partial charge in [0.05, 0.1) is 18.8 Å². The first-order valence-electron chi connectivity index (χ1n) is 9.99. The van der Waals surface area contributed by atoms with E-state index < -0.39 is 0 Å². The zero-order chi connectivity index (χ0) is 18.8. The smallest absolute Gasteiger partial charge is 0.191 e. The molecular weight excluding hydrogens is 453 g/mol. The second-order valence-corrected chi connectivity index (χ2v) is 7.02. The summed E-state index contributed by atoms with van der Waals surface area (Å²) in [5, 5.41) is 6.69. The van der Waals surface area contributed by atoms with Crippen LogP contribution in [0.2, 0.25) is 0 Å². The van der Waals surface area contributed by atoms with Crippen molar-refractivity contribution in [3.8, 4) is 0 Å². The highest BCUT2D eigenvalue weighted by Gasteiger charge is 2.22. The number of rotatable bonds is 8. The van der Waals surface area contributed by atoms with Gasteiger partial charge in [0.25, 0.3) is 0 Å². The molecular formula is C20H36IN5O. The number of aliphatic imine (C=N–C) groups is 1. The molecule has 0 aliphatic carbocycles. The fourth-order valence-corrected chi connectivity index (χ4v) is 3.16. The number of aromatic nitrogens is 1. The minimum absolute atomic E-state index is 0. The van der Waals surface area contributed by atoms with E-state index in [1.165, 1.54) is 19.3 Å². The van der Waals surface area contributed by atoms with Gasteiger partial charge >= 0.3 is 0 Å². The molecule has 27 heavy (non-hydrogen) atoms. The van der Waals surface area contributed by atoms with E-state index in [9.17, 15) is 0 Å². The number of halogens is 1. The maximum atomic E-state index is 5.80. The molecule has 1 aliphatic rings. The SMILES string of the molecule is CCCCCNC(=NCc1ccc(N2CC(C)OC(C)C2)nc1)NCC.I. The number of hydrogen-bond acceptors (Lipinski definition) is 4. The molecule has 7 heteroatoms. The summed E-state index contributed by atoms with van der Waals surface area (Å²) >= 11 is 0. The van der Waals surface area contributed by atoms with E-state index >= 15 is 0 Å². The van der Waals surface area contributed by atoms with E-state index in [1.807, 2.05) is 6.20 Å². The number of nitrogens with zero attached hydrogens (tertiary/aromatic N) is 3. The van der Waals surface area contributed by atoms with Crippen molar-refractivity contribution in [3.63, 3.8) is 0 Å². The van der Waals surface area contributed by atoms with Crippen molar-refractivity contribution in [1.29, 1.82) is 0 Å². The number of anilines is 1. The van der Waals surface area contributed by atoms with Crippen LogP contribution in [0.5, 0.6) is 0 Å². The van der Waals surface area contributed by atoms with Crippen LogP contribution in [0, 0.1) is 0 Å². The van der Waals surface area contributed by atoms with Crippen molar-refractivity contribution >= 4 is 35.8 Å². The Balaban J connectivity index is 0.00000364. The van der Waals surface area contributed by atoms with Crippen LogP contribution in [0.4, 0.5) is 5.82 Å². The lowest BCUT2D eigenvalue weighted by Crippen LogP contribution is -2.45. The Kier molecular flexibility index (Phi) is 11.7. The van der Waals surface area contributed by atoms with Gasteiger partial charge in [0.2, 0.25) is 0 Å². The molecule has 154 valence electrons. The van der Waals surface area contributed by atoms with Crippen LogP contribution in [0.3, 0.4) is 0 Å². The van der Waals surface area contributed by atoms with Gasteiger partial charge in [-0.15, -0.1) is 24.0 Å². The average Bonchev–Trinajstić information content (AvgIpc) is 2.63. The summed E-state index contributed by atoms with van der Waals surface area (Å²) in [5.74, 6) is 1.90. The molecule has 2 rings (SSSR count). The first kappa shape index (κ1) is 23.9. The summed E-state index contributed by atoms with van der Waals surface area (Å²) in [6.45, 7) is 12.8. The lowest BCUT2D eigenvalue weighted by atomic mass is 10.2. The van der Waals surface area contributed by atoms with Gasteiger partial charge in [-0.3, -0.25) is 0 Å². The highest BCUT2D eigenvalue weighted by atomic mass is 127. The molecule has 2 heterocycles. The van der Waals surface area contributed by atoms with E-state index in [4.69, 9.17) is 4.74 Å². The van der Waals surface area contributed by atoms with Crippen molar-refractivity contribution in [2.24, 2.45) is 4.99 Å². The van der Waals surface area contributed by atoms with Crippen LogP contribution >= 0.6 is 24.0 Å². The van der Waals surface area contributed by atoms with E-state index in [1.54, 1.807) is 0 Å². The molecule has 2 N–H and O–H groups in total. The fourth-order valence-electron chi connectivity index (χ4n) is 3.16. The minimum atomic E-state index is 0. The molecule has 1 aromatic rings. The quantitative estimate of drug-likeness (QED) is 0.253. The van der Waals surface area contributed by atoms with Gasteiger partial charge in [-0.25, -0.2) is 9.98 Å². The van der Waals surface area contributed by atoms with Crippen molar-refractivity contribution < 1.29 is 4.74 Å². The third kappa shape index (κ3) is 8.64. The summed E-state index contributed by atoms with van der Waals surface area (Å²) in [6, 6.07) is 4.22. The molecule has 2 atom stereocenters. The number of nitrogens with one attached hydrogen (secondary N) is 2. The zero-order valence-corrected chi connectivity index (χ0v) is 19.5. The van der Waals surface area contributed by atoms with Crippen LogP contribution in [0.25, 0.3) is 0 Å². The lowest BCUT2D eigenvalue weighted by Gasteiger charge is -2.36. The predicted octanol–water partition coefficient (Wildman–Crippen LogP) is 3.56. The van der Waals surface area contributed by atoms with E-state index in [0.29, 0.717) is 6.54 Å². The van der Waals surface area contributed by atoms with Gasteiger partial charge in [-0.2, -0.15) is 0 Å². The maximum Gasteiger partial charge on any atom is 0.191 e. The van der Waals surface area contributed by atoms with Gasteiger partial charge in [-0.05, 0) is 38.8 Å². The average molecular weight is 489 g/mol. The minimum Gasteiger partial charge on any atom is -0.372 e. The van der Waals surface area contributed by atoms with Crippen molar-refractivity contribution in [2.75, 3.05) is 31.1 Å². The predicted molar refractivity (Wildman–Crippen MR) is 124 cm³/mol. The Bertz CT molecular complexity index is 542. The lowest BCUT2D eigenvalue weighted by molar-refractivity contribution is -0.00545. The summed E-state index contributed by atoms with van der Waals surface area (Å²) in [6.07, 6.45) is 6.07. The number of pyridine rings is 1. The second-order valence-electron chi connectivity index (χ2n) is 7.02. The van der Waals surface area contributed by atoms with Crippen LogP contribution in [-0.2, 0) is 11.3 Å². The van der Waals surface area contributed by atoms with Crippen LogP contribution in [-0.4, -0.2) is 49.3 Å². The highest BCUT2D eigenvalue weighted by Crippen LogP contribution is 2.18. The first-order chi connectivity index (χ1) is 12.6. The Morgan fingerprint density at radius 2 is 1.93 bits per heavy atom. The van der Waals surface area contributed by atoms with Crippen LogP contribution in [0.15, 0.2) is 23.3 Å². The van der Waals surface area contributed by atoms with Crippen molar-refractivity contribution in [2.45, 2.75) is 65.7 Å². The molecule has 1 fully saturated rings. The Morgan fingerprint density at radius 3 is 2.52 bits per heavy atom. The molecule has 1 aliphatic heterocycles. The molecule has 0 radical (unpaired) electrons. The molecule has 1 aromatic heterocycles. The summed E-state index contributed by atoms with van der Waals surface area (Å²) in [7, 11) is 0. The standard InChI is InChI=1S/C20H35N5O.HI/c1-5-7-8-11-22-20(21-6-2)24-13-18-9-10-19(23-12-18)25-14-16(3)26-17(4)15-25;/h9-10,12,16-17H,5-8,11,13-15H2,1-4H3,(H2,21,22,24);1H. The molecule has 0 amide bonds. The van der Waals surface area contributed by atoms with Crippen LogP contribution in [0.1, 0.15) is 52.5 Å². The molecule has 6 nitrogen and oxygen atoms in total. The van der Waals surface area contributed by atoms with Gasteiger partial charge in [0.1, 0.15) is 5.82 Å². The zero-order valence-electron chi connectivity index (χ0n) is 17.2. The summed E-state index contributed by atoms with van der Waals surface area (Å²) < 4.78 is 5.80. The number of unbranched alkanes of at least 4 members (excludes halogenated alkanes) is 2. The molecule has 1 saturated heterocycles. The summed E-state index contributed by atoms with van der Waals surface area (Å²) in [5.41, 5.74) is 1.12. The monoisotopic (exact) mass is 489 g/mol. The third-order valence-electron chi connectivity index (χ3n) is 4.39. The molecule has 0 saturated carbocycles. The van der Waals surface area contributed by atoms with E-state index in [0.717, 1.165) is 43.5 Å². The van der Waals surface area contributed by atoms with Crippen LogP contribution < -0.4 is 15.5 Å². The van der Waals surface area contributed by atoms with Gasteiger partial charge in [0.15, 0.2) is 5.96 Å². The molecule has 0 bridgehead atoms. The van der Waals surface area contributed by atoms with E-state index in [2.05, 4.69) is 65.3 Å². The maximum absolute atomic E-state index is 5.80. The first-order valence-corrected chi connectivity index (χ1v) is 9.99. The van der Waals surface area contributed by atoms with Gasteiger partial charge < -0.3 is 20.3 Å². The number of guanidine groups is 1. The molecule has 2 unspecified atom stereocenters. The van der Waals surface area contributed by atoms with Gasteiger partial charge in [0, 0.05) is 32.4 Å². The van der Waals surface area contributed by atoms with Gasteiger partial charge in [-0.1, -0.05) is 25.8 Å². The second kappa shape index (κ2) is 13.1. The van der Waals surface area contributed by atoms with Crippen molar-refractivity contribution in [3.05, 3.63) is 23.9 Å². The number of hydrogen-bond donors (Lipinski definition) is 2. The van der Waals surface area contributed by atoms with Crippen molar-refractivity contribution in [1.82, 2.24) is 15.6 Å². The Labute approximate surface area is 181 Å². The number of ether oxygens (including phenoxy) is 1. The van der Waals surface area contributed by atoms with E-state index in [-0.39, 0.29) is 36.2 Å². The molecule has 0 spiro atoms. The fraction of sp³-hybridized carbons (Fsp3) is 0.700. The number of morpholine rings is 1. The molecule has 0 aromatic carbocycles. The Morgan fingerprint density at radius 1 is 1.19 bits per heavy atom. The summed E-state index contributed by atoms with van der Waals surface area (Å²) in [4.78, 5) is 11.6. The third-order valence-corrected chi connectivity index (χ3v) is 4.39. The normalized spacial score (nSPS) is 20.1. The topological polar surface area (TPSA) is 61.8 Å². The Hall–Kier alpha value is -1.09. The highest BCUT2D eigenvalue weighted by molar-refractivity contribution is 14.0.